The molecule has 1 unspecified atom stereocenters. The zero-order valence-electron chi connectivity index (χ0n) is 8.36. The van der Waals surface area contributed by atoms with Gasteiger partial charge in [-0.3, -0.25) is 15.0 Å². The maximum absolute atomic E-state index is 11.2. The second kappa shape index (κ2) is 5.11. The Labute approximate surface area is 87.6 Å². The van der Waals surface area contributed by atoms with E-state index in [4.69, 9.17) is 5.84 Å². The van der Waals surface area contributed by atoms with Crippen LogP contribution < -0.4 is 16.6 Å². The van der Waals surface area contributed by atoms with E-state index in [1.54, 1.807) is 12.3 Å². The molecule has 0 bridgehead atoms. The van der Waals surface area contributed by atoms with Crippen molar-refractivity contribution in [1.29, 1.82) is 0 Å². The van der Waals surface area contributed by atoms with E-state index in [1.807, 2.05) is 30.3 Å². The van der Waals surface area contributed by atoms with Gasteiger partial charge < -0.3 is 5.32 Å². The van der Waals surface area contributed by atoms with Crippen molar-refractivity contribution in [3.63, 3.8) is 0 Å². The molecule has 1 aromatic carbocycles. The van der Waals surface area contributed by atoms with Gasteiger partial charge in [-0.05, 0) is 12.5 Å². The van der Waals surface area contributed by atoms with Crippen molar-refractivity contribution in [2.24, 2.45) is 5.84 Å². The van der Waals surface area contributed by atoms with Gasteiger partial charge in [0.2, 0.25) is 0 Å². The molecule has 0 aliphatic carbocycles. The highest BCUT2D eigenvalue weighted by molar-refractivity contribution is 6.34. The number of hydrogen-bond donors (Lipinski definition) is 3. The zero-order valence-corrected chi connectivity index (χ0v) is 8.36. The first kappa shape index (κ1) is 11.2. The van der Waals surface area contributed by atoms with Crippen molar-refractivity contribution in [1.82, 2.24) is 10.7 Å². The van der Waals surface area contributed by atoms with Crippen molar-refractivity contribution in [3.05, 3.63) is 35.9 Å². The summed E-state index contributed by atoms with van der Waals surface area (Å²) in [6.07, 6.45) is 0. The molecule has 2 amide bonds. The van der Waals surface area contributed by atoms with Crippen LogP contribution in [0.1, 0.15) is 18.5 Å². The maximum atomic E-state index is 11.2. The Kier molecular flexibility index (Phi) is 3.82. The van der Waals surface area contributed by atoms with E-state index in [-0.39, 0.29) is 6.04 Å². The van der Waals surface area contributed by atoms with Gasteiger partial charge in [0.15, 0.2) is 0 Å². The summed E-state index contributed by atoms with van der Waals surface area (Å²) in [6.45, 7) is 1.79. The quantitative estimate of drug-likeness (QED) is 0.273. The largest absolute Gasteiger partial charge is 0.341 e. The lowest BCUT2D eigenvalue weighted by Gasteiger charge is -2.12. The van der Waals surface area contributed by atoms with Gasteiger partial charge in [0.05, 0.1) is 6.04 Å². The summed E-state index contributed by atoms with van der Waals surface area (Å²) in [5.41, 5.74) is 2.70. The minimum atomic E-state index is -0.849. The highest BCUT2D eigenvalue weighted by Gasteiger charge is 2.15. The third kappa shape index (κ3) is 3.07. The fourth-order valence-electron chi connectivity index (χ4n) is 1.15. The van der Waals surface area contributed by atoms with Crippen molar-refractivity contribution in [2.45, 2.75) is 13.0 Å². The summed E-state index contributed by atoms with van der Waals surface area (Å²) in [7, 11) is 0. The predicted molar refractivity (Wildman–Crippen MR) is 55.3 cm³/mol. The maximum Gasteiger partial charge on any atom is 0.323 e. The number of carbonyl (C=O) groups excluding carboxylic acids is 2. The summed E-state index contributed by atoms with van der Waals surface area (Å²) in [4.78, 5) is 22.0. The minimum Gasteiger partial charge on any atom is -0.341 e. The number of hydrazine groups is 1. The van der Waals surface area contributed by atoms with Crippen molar-refractivity contribution in [2.75, 3.05) is 0 Å². The van der Waals surface area contributed by atoms with Gasteiger partial charge in [0.1, 0.15) is 0 Å². The molecule has 1 atom stereocenters. The topological polar surface area (TPSA) is 84.2 Å². The lowest BCUT2D eigenvalue weighted by atomic mass is 10.1. The Hall–Kier alpha value is -1.88. The Morgan fingerprint density at radius 1 is 1.20 bits per heavy atom. The monoisotopic (exact) mass is 207 g/mol. The predicted octanol–water partition coefficient (Wildman–Crippen LogP) is -0.146. The Balaban J connectivity index is 2.60. The van der Waals surface area contributed by atoms with E-state index in [0.29, 0.717) is 0 Å². The van der Waals surface area contributed by atoms with Crippen LogP contribution in [-0.2, 0) is 9.59 Å². The third-order valence-corrected chi connectivity index (χ3v) is 1.98. The molecule has 5 nitrogen and oxygen atoms in total. The molecule has 1 rings (SSSR count). The van der Waals surface area contributed by atoms with Crippen LogP contribution >= 0.6 is 0 Å². The summed E-state index contributed by atoms with van der Waals surface area (Å²) in [5, 5.41) is 2.52. The lowest BCUT2D eigenvalue weighted by molar-refractivity contribution is -0.139. The average molecular weight is 207 g/mol. The Morgan fingerprint density at radius 3 is 2.33 bits per heavy atom. The SMILES string of the molecule is CC(NC(=O)C(=O)NN)c1ccccc1. The summed E-state index contributed by atoms with van der Waals surface area (Å²) in [5.74, 6) is 3.24. The number of hydrogen-bond acceptors (Lipinski definition) is 3. The van der Waals surface area contributed by atoms with E-state index in [0.717, 1.165) is 5.56 Å². The highest BCUT2D eigenvalue weighted by atomic mass is 16.2. The molecule has 0 aromatic heterocycles. The van der Waals surface area contributed by atoms with Crippen molar-refractivity contribution < 1.29 is 9.59 Å². The molecule has 4 N–H and O–H groups in total. The molecule has 0 radical (unpaired) electrons. The van der Waals surface area contributed by atoms with Crippen LogP contribution in [0.5, 0.6) is 0 Å². The first-order valence-electron chi connectivity index (χ1n) is 4.51. The minimum absolute atomic E-state index is 0.226. The van der Waals surface area contributed by atoms with E-state index in [2.05, 4.69) is 5.32 Å². The molecule has 0 aliphatic heterocycles. The van der Waals surface area contributed by atoms with Crippen molar-refractivity contribution >= 4 is 11.8 Å². The number of carbonyl (C=O) groups is 2. The van der Waals surface area contributed by atoms with E-state index >= 15 is 0 Å². The van der Waals surface area contributed by atoms with Gasteiger partial charge in [-0.25, -0.2) is 5.84 Å². The standard InChI is InChI=1S/C10H13N3O2/c1-7(8-5-3-2-4-6-8)12-9(14)10(15)13-11/h2-7H,11H2,1H3,(H,12,14)(H,13,15). The number of nitrogens with two attached hydrogens (primary N) is 1. The zero-order chi connectivity index (χ0) is 11.3. The second-order valence-corrected chi connectivity index (χ2v) is 3.08. The summed E-state index contributed by atoms with van der Waals surface area (Å²) in [6, 6.07) is 9.11. The molecule has 1 aromatic rings. The molecule has 15 heavy (non-hydrogen) atoms. The Bertz CT molecular complexity index is 351. The number of benzene rings is 1. The van der Waals surface area contributed by atoms with E-state index < -0.39 is 11.8 Å². The summed E-state index contributed by atoms with van der Waals surface area (Å²) < 4.78 is 0. The van der Waals surface area contributed by atoms with Gasteiger partial charge >= 0.3 is 11.8 Å². The first-order valence-corrected chi connectivity index (χ1v) is 4.51. The van der Waals surface area contributed by atoms with Crippen LogP contribution in [-0.4, -0.2) is 11.8 Å². The molecule has 0 saturated carbocycles. The average Bonchev–Trinajstić information content (AvgIpc) is 2.29. The molecule has 0 fully saturated rings. The molecule has 0 spiro atoms. The van der Waals surface area contributed by atoms with Gasteiger partial charge in [-0.15, -0.1) is 0 Å². The number of nitrogens with one attached hydrogen (secondary N) is 2. The van der Waals surface area contributed by atoms with Gasteiger partial charge in [-0.2, -0.15) is 0 Å². The van der Waals surface area contributed by atoms with Gasteiger partial charge in [0, 0.05) is 0 Å². The van der Waals surface area contributed by atoms with E-state index in [1.165, 1.54) is 0 Å². The normalized spacial score (nSPS) is 11.6. The number of rotatable bonds is 2. The molecule has 0 aliphatic rings. The van der Waals surface area contributed by atoms with E-state index in [9.17, 15) is 9.59 Å². The van der Waals surface area contributed by atoms with Crippen LogP contribution in [0, 0.1) is 0 Å². The first-order chi connectivity index (χ1) is 7.15. The van der Waals surface area contributed by atoms with Crippen LogP contribution in [0.3, 0.4) is 0 Å². The van der Waals surface area contributed by atoms with Crippen LogP contribution in [0.25, 0.3) is 0 Å². The molecule has 80 valence electrons. The van der Waals surface area contributed by atoms with Crippen LogP contribution in [0.2, 0.25) is 0 Å². The summed E-state index contributed by atoms with van der Waals surface area (Å²) >= 11 is 0. The fourth-order valence-corrected chi connectivity index (χ4v) is 1.15. The molecule has 0 heterocycles. The van der Waals surface area contributed by atoms with Crippen LogP contribution in [0.15, 0.2) is 30.3 Å². The highest BCUT2D eigenvalue weighted by Crippen LogP contribution is 2.10. The van der Waals surface area contributed by atoms with Crippen molar-refractivity contribution in [3.8, 4) is 0 Å². The fraction of sp³-hybridized carbons (Fsp3) is 0.200. The molecular weight excluding hydrogens is 194 g/mol. The lowest BCUT2D eigenvalue weighted by Crippen LogP contribution is -2.43. The number of amides is 2. The van der Waals surface area contributed by atoms with Gasteiger partial charge in [0.25, 0.3) is 0 Å². The van der Waals surface area contributed by atoms with Crippen LogP contribution in [0.4, 0.5) is 0 Å². The third-order valence-electron chi connectivity index (χ3n) is 1.98. The molecular formula is C10H13N3O2. The van der Waals surface area contributed by atoms with Gasteiger partial charge in [-0.1, -0.05) is 30.3 Å². The second-order valence-electron chi connectivity index (χ2n) is 3.08. The smallest absolute Gasteiger partial charge is 0.323 e. The Morgan fingerprint density at radius 2 is 1.80 bits per heavy atom. The molecule has 5 heteroatoms. The molecule has 0 saturated heterocycles.